The summed E-state index contributed by atoms with van der Waals surface area (Å²) in [5.41, 5.74) is 3.15. The van der Waals surface area contributed by atoms with Gasteiger partial charge in [0.1, 0.15) is 0 Å². The van der Waals surface area contributed by atoms with E-state index >= 15 is 0 Å². The van der Waals surface area contributed by atoms with Crippen LogP contribution in [-0.2, 0) is 9.59 Å². The fourth-order valence-corrected chi connectivity index (χ4v) is 7.65. The summed E-state index contributed by atoms with van der Waals surface area (Å²) in [5, 5.41) is 9.33. The average Bonchev–Trinajstić information content (AvgIpc) is 3.46. The maximum absolute atomic E-state index is 13.5. The Kier molecular flexibility index (Phi) is 6.38. The predicted octanol–water partition coefficient (Wildman–Crippen LogP) is 4.59. The minimum Gasteiger partial charge on any atom is -0.481 e. The van der Waals surface area contributed by atoms with Gasteiger partial charge in [0.05, 0.1) is 37.0 Å². The van der Waals surface area contributed by atoms with Crippen molar-refractivity contribution in [2.24, 2.45) is 11.3 Å². The van der Waals surface area contributed by atoms with E-state index in [9.17, 15) is 14.7 Å². The molecule has 1 spiro atoms. The van der Waals surface area contributed by atoms with Gasteiger partial charge < -0.3 is 19.4 Å². The molecule has 3 aliphatic heterocycles. The van der Waals surface area contributed by atoms with Gasteiger partial charge in [0, 0.05) is 56.7 Å². The van der Waals surface area contributed by atoms with Gasteiger partial charge in [0.25, 0.3) is 0 Å². The van der Waals surface area contributed by atoms with E-state index in [1.165, 1.54) is 61.1 Å². The highest BCUT2D eigenvalue weighted by Crippen LogP contribution is 2.48. The number of carboxylic acid groups (broad SMARTS) is 1. The van der Waals surface area contributed by atoms with Crippen molar-refractivity contribution < 1.29 is 19.2 Å². The summed E-state index contributed by atoms with van der Waals surface area (Å²) < 4.78 is 1.35. The summed E-state index contributed by atoms with van der Waals surface area (Å²) in [6, 6.07) is 7.45. The Morgan fingerprint density at radius 3 is 2.32 bits per heavy atom. The number of likely N-dealkylation sites (tertiary alicyclic amines) is 1. The van der Waals surface area contributed by atoms with Crippen molar-refractivity contribution >= 4 is 23.3 Å². The molecule has 1 aromatic carbocycles. The van der Waals surface area contributed by atoms with Crippen LogP contribution in [0, 0.1) is 18.3 Å². The average molecular weight is 469 g/mol. The zero-order chi connectivity index (χ0) is 23.9. The van der Waals surface area contributed by atoms with Crippen LogP contribution < -0.4 is 9.80 Å². The molecule has 6 heteroatoms. The fraction of sp³-hybridized carbons (Fsp3) is 0.714. The van der Waals surface area contributed by atoms with Crippen molar-refractivity contribution in [1.29, 1.82) is 0 Å². The number of rotatable bonds is 5. The van der Waals surface area contributed by atoms with Gasteiger partial charge in [0.2, 0.25) is 5.91 Å². The Morgan fingerprint density at radius 1 is 1.06 bits per heavy atom. The lowest BCUT2D eigenvalue weighted by atomic mass is 9.69. The molecule has 3 heterocycles. The number of nitrogens with zero attached hydrogens (tertiary/aromatic N) is 3. The first kappa shape index (κ1) is 23.7. The number of piperidine rings is 1. The number of aryl methyl sites for hydroxylation is 1. The molecule has 6 nitrogen and oxygen atoms in total. The van der Waals surface area contributed by atoms with Crippen molar-refractivity contribution in [3.63, 3.8) is 0 Å². The van der Waals surface area contributed by atoms with Gasteiger partial charge >= 0.3 is 5.97 Å². The van der Waals surface area contributed by atoms with Crippen molar-refractivity contribution in [2.45, 2.75) is 77.7 Å². The second-order valence-electron chi connectivity index (χ2n) is 11.5. The Bertz CT molecular complexity index is 923. The molecule has 4 aliphatic rings. The van der Waals surface area contributed by atoms with Crippen LogP contribution in [-0.4, -0.2) is 66.8 Å². The molecule has 0 aromatic heterocycles. The van der Waals surface area contributed by atoms with Crippen LogP contribution >= 0.6 is 0 Å². The fourth-order valence-electron chi connectivity index (χ4n) is 7.65. The van der Waals surface area contributed by atoms with Crippen LogP contribution in [0.3, 0.4) is 0 Å². The van der Waals surface area contributed by atoms with Crippen LogP contribution in [0.1, 0.15) is 70.3 Å². The number of aliphatic carboxylic acids is 1. The SMILES string of the molecule is CC[N+]1(C2CCN(c3ccc(N4CCC5(CCC(C(=O)O)CC5)C4=O)c(C)c3)CC2)CCCC1. The number of carbonyl (C=O) groups excluding carboxylic acids is 1. The molecule has 34 heavy (non-hydrogen) atoms. The predicted molar refractivity (Wildman–Crippen MR) is 135 cm³/mol. The lowest BCUT2D eigenvalue weighted by Crippen LogP contribution is -2.57. The van der Waals surface area contributed by atoms with Crippen molar-refractivity contribution in [1.82, 2.24) is 0 Å². The van der Waals surface area contributed by atoms with Crippen molar-refractivity contribution in [2.75, 3.05) is 49.1 Å². The molecule has 3 saturated heterocycles. The van der Waals surface area contributed by atoms with E-state index in [0.717, 1.165) is 37.8 Å². The van der Waals surface area contributed by atoms with Gasteiger partial charge in [-0.15, -0.1) is 0 Å². The van der Waals surface area contributed by atoms with Crippen LogP contribution in [0.2, 0.25) is 0 Å². The molecule has 0 bridgehead atoms. The first-order chi connectivity index (χ1) is 16.4. The molecular formula is C28H42N3O3+. The van der Waals surface area contributed by atoms with Crippen LogP contribution in [0.5, 0.6) is 0 Å². The first-order valence-electron chi connectivity index (χ1n) is 13.6. The molecule has 5 rings (SSSR count). The molecule has 1 aliphatic carbocycles. The zero-order valence-corrected chi connectivity index (χ0v) is 21.1. The lowest BCUT2D eigenvalue weighted by molar-refractivity contribution is -0.939. The van der Waals surface area contributed by atoms with Gasteiger partial charge in [-0.25, -0.2) is 0 Å². The Balaban J connectivity index is 1.24. The van der Waals surface area contributed by atoms with E-state index in [0.29, 0.717) is 25.7 Å². The molecule has 1 amide bonds. The highest BCUT2D eigenvalue weighted by Gasteiger charge is 2.49. The normalized spacial score (nSPS) is 29.8. The van der Waals surface area contributed by atoms with E-state index in [1.54, 1.807) is 0 Å². The molecule has 1 aromatic rings. The molecule has 1 N–H and O–H groups in total. The number of amides is 1. The number of quaternary nitrogens is 1. The summed E-state index contributed by atoms with van der Waals surface area (Å²) in [6.45, 7) is 11.5. The summed E-state index contributed by atoms with van der Waals surface area (Å²) in [4.78, 5) is 29.4. The number of carboxylic acids is 1. The summed E-state index contributed by atoms with van der Waals surface area (Å²) in [5.74, 6) is -0.774. The molecule has 0 atom stereocenters. The summed E-state index contributed by atoms with van der Waals surface area (Å²) >= 11 is 0. The van der Waals surface area contributed by atoms with Crippen molar-refractivity contribution in [3.8, 4) is 0 Å². The minimum absolute atomic E-state index is 0.215. The topological polar surface area (TPSA) is 60.9 Å². The van der Waals surface area contributed by atoms with Gasteiger partial charge in [-0.05, 0) is 69.7 Å². The number of carbonyl (C=O) groups is 2. The van der Waals surface area contributed by atoms with E-state index in [4.69, 9.17) is 0 Å². The lowest BCUT2D eigenvalue weighted by Gasteiger charge is -2.45. The maximum Gasteiger partial charge on any atom is 0.306 e. The number of anilines is 2. The summed E-state index contributed by atoms with van der Waals surface area (Å²) in [6.07, 6.45) is 8.87. The highest BCUT2D eigenvalue weighted by atomic mass is 16.4. The second kappa shape index (κ2) is 9.18. The van der Waals surface area contributed by atoms with Gasteiger partial charge in [-0.1, -0.05) is 0 Å². The first-order valence-corrected chi connectivity index (χ1v) is 13.6. The van der Waals surface area contributed by atoms with Crippen LogP contribution in [0.15, 0.2) is 18.2 Å². The van der Waals surface area contributed by atoms with E-state index < -0.39 is 5.97 Å². The van der Waals surface area contributed by atoms with Crippen LogP contribution in [0.4, 0.5) is 11.4 Å². The van der Waals surface area contributed by atoms with E-state index in [2.05, 4.69) is 36.9 Å². The van der Waals surface area contributed by atoms with Gasteiger partial charge in [-0.3, -0.25) is 9.59 Å². The molecule has 0 radical (unpaired) electrons. The molecule has 4 fully saturated rings. The molecule has 186 valence electrons. The Labute approximate surface area is 204 Å². The maximum atomic E-state index is 13.5. The number of hydrogen-bond acceptors (Lipinski definition) is 3. The van der Waals surface area contributed by atoms with E-state index in [-0.39, 0.29) is 17.2 Å². The molecule has 1 saturated carbocycles. The quantitative estimate of drug-likeness (QED) is 0.642. The highest BCUT2D eigenvalue weighted by molar-refractivity contribution is 6.00. The third-order valence-corrected chi connectivity index (χ3v) is 9.97. The molecular weight excluding hydrogens is 426 g/mol. The van der Waals surface area contributed by atoms with Crippen LogP contribution in [0.25, 0.3) is 0 Å². The third kappa shape index (κ3) is 4.02. The monoisotopic (exact) mass is 468 g/mol. The minimum atomic E-state index is -0.709. The zero-order valence-electron chi connectivity index (χ0n) is 21.1. The van der Waals surface area contributed by atoms with Crippen molar-refractivity contribution in [3.05, 3.63) is 23.8 Å². The standard InChI is InChI=1S/C28H41N3O3/c1-3-31(18-4-5-19-31)24-10-15-29(16-11-24)23-6-7-25(21(2)20-23)30-17-14-28(27(30)34)12-8-22(9-13-28)26(32)33/h6-7,20,22,24H,3-5,8-19H2,1-2H3/p+1. The largest absolute Gasteiger partial charge is 0.481 e. The number of benzene rings is 1. The van der Waals surface area contributed by atoms with E-state index in [1.807, 2.05) is 4.90 Å². The Morgan fingerprint density at radius 2 is 1.74 bits per heavy atom. The second-order valence-corrected chi connectivity index (χ2v) is 11.5. The number of hydrogen-bond donors (Lipinski definition) is 1. The summed E-state index contributed by atoms with van der Waals surface area (Å²) in [7, 11) is 0. The Hall–Kier alpha value is -2.08. The van der Waals surface area contributed by atoms with Gasteiger partial charge in [0.15, 0.2) is 0 Å². The van der Waals surface area contributed by atoms with Gasteiger partial charge in [-0.2, -0.15) is 0 Å². The molecule has 0 unspecified atom stereocenters. The third-order valence-electron chi connectivity index (χ3n) is 9.97. The smallest absolute Gasteiger partial charge is 0.306 e.